The minimum absolute atomic E-state index is 0.0586. The summed E-state index contributed by atoms with van der Waals surface area (Å²) in [5.41, 5.74) is 0.557. The molecule has 1 N–H and O–H groups in total. The fraction of sp³-hybridized carbons (Fsp3) is 0.312. The van der Waals surface area contributed by atoms with Gasteiger partial charge in [0.15, 0.2) is 5.00 Å². The van der Waals surface area contributed by atoms with Crippen LogP contribution in [0.3, 0.4) is 0 Å². The van der Waals surface area contributed by atoms with Gasteiger partial charge in [-0.3, -0.25) is 9.59 Å². The van der Waals surface area contributed by atoms with Crippen molar-refractivity contribution in [2.24, 2.45) is 5.92 Å². The fourth-order valence-electron chi connectivity index (χ4n) is 2.69. The van der Waals surface area contributed by atoms with Crippen molar-refractivity contribution in [3.63, 3.8) is 0 Å². The number of nitrogens with zero attached hydrogens (tertiary/aromatic N) is 3. The minimum Gasteiger partial charge on any atom is -0.495 e. The Labute approximate surface area is 153 Å². The maximum atomic E-state index is 12.5. The van der Waals surface area contributed by atoms with Crippen molar-refractivity contribution in [2.75, 3.05) is 31.0 Å². The largest absolute Gasteiger partial charge is 0.495 e. The van der Waals surface area contributed by atoms with Crippen LogP contribution in [0.1, 0.15) is 16.9 Å². The first kappa shape index (κ1) is 17.8. The van der Waals surface area contributed by atoms with Crippen molar-refractivity contribution < 1.29 is 23.9 Å². The normalized spacial score (nSPS) is 16.5. The maximum Gasteiger partial charge on any atom is 0.361 e. The number of ether oxygens (including phenoxy) is 2. The van der Waals surface area contributed by atoms with Crippen LogP contribution in [0, 0.1) is 5.92 Å². The highest BCUT2D eigenvalue weighted by atomic mass is 32.1. The van der Waals surface area contributed by atoms with Gasteiger partial charge in [-0.05, 0) is 12.1 Å². The van der Waals surface area contributed by atoms with Gasteiger partial charge in [0.1, 0.15) is 5.75 Å². The molecule has 1 aromatic carbocycles. The molecule has 9 nitrogen and oxygen atoms in total. The Bertz CT molecular complexity index is 853. The third-order valence-electron chi connectivity index (χ3n) is 3.98. The summed E-state index contributed by atoms with van der Waals surface area (Å²) >= 11 is 0.872. The topological polar surface area (TPSA) is 111 Å². The summed E-state index contributed by atoms with van der Waals surface area (Å²) in [7, 11) is 2.74. The van der Waals surface area contributed by atoms with E-state index >= 15 is 0 Å². The first-order chi connectivity index (χ1) is 12.5. The first-order valence-corrected chi connectivity index (χ1v) is 8.47. The second kappa shape index (κ2) is 7.48. The number of anilines is 2. The Hall–Kier alpha value is -3.01. The van der Waals surface area contributed by atoms with E-state index in [0.717, 1.165) is 11.5 Å². The van der Waals surface area contributed by atoms with Gasteiger partial charge in [-0.15, -0.1) is 5.10 Å². The van der Waals surface area contributed by atoms with Crippen LogP contribution in [0.25, 0.3) is 0 Å². The molecule has 1 aromatic heterocycles. The molecule has 2 aromatic rings. The van der Waals surface area contributed by atoms with Crippen LogP contribution in [0.15, 0.2) is 24.3 Å². The van der Waals surface area contributed by atoms with E-state index in [1.807, 2.05) is 0 Å². The van der Waals surface area contributed by atoms with Gasteiger partial charge in [-0.2, -0.15) is 0 Å². The maximum absolute atomic E-state index is 12.5. The van der Waals surface area contributed by atoms with E-state index in [-0.39, 0.29) is 35.5 Å². The number of benzene rings is 1. The molecular formula is C16H16N4O5S. The average molecular weight is 376 g/mol. The molecule has 1 aliphatic rings. The molecule has 1 saturated heterocycles. The number of hydrogen-bond acceptors (Lipinski definition) is 8. The van der Waals surface area contributed by atoms with Crippen molar-refractivity contribution in [3.05, 3.63) is 30.0 Å². The molecule has 26 heavy (non-hydrogen) atoms. The van der Waals surface area contributed by atoms with E-state index < -0.39 is 11.9 Å². The van der Waals surface area contributed by atoms with Crippen molar-refractivity contribution >= 4 is 40.0 Å². The lowest BCUT2D eigenvalue weighted by Crippen LogP contribution is -2.28. The van der Waals surface area contributed by atoms with Gasteiger partial charge >= 0.3 is 5.97 Å². The Morgan fingerprint density at radius 1 is 1.31 bits per heavy atom. The van der Waals surface area contributed by atoms with Gasteiger partial charge in [0, 0.05) is 24.5 Å². The number of para-hydroxylation sites is 2. The molecule has 0 spiro atoms. The fourth-order valence-corrected chi connectivity index (χ4v) is 3.25. The number of hydrogen-bond donors (Lipinski definition) is 1. The molecule has 1 aliphatic heterocycles. The molecule has 0 aliphatic carbocycles. The van der Waals surface area contributed by atoms with Gasteiger partial charge in [-0.25, -0.2) is 4.79 Å². The van der Waals surface area contributed by atoms with Crippen LogP contribution in [0.4, 0.5) is 10.7 Å². The molecule has 0 unspecified atom stereocenters. The Kier molecular flexibility index (Phi) is 5.12. The number of carbonyl (C=O) groups is 3. The molecule has 1 fully saturated rings. The minimum atomic E-state index is -0.688. The SMILES string of the molecule is COC(=O)c1nnsc1NC(=O)[C@H]1CC(=O)N(c2ccccc2OC)C1. The number of methoxy groups -OCH3 is 2. The molecule has 0 bridgehead atoms. The van der Waals surface area contributed by atoms with Gasteiger partial charge in [0.25, 0.3) is 0 Å². The van der Waals surface area contributed by atoms with E-state index in [2.05, 4.69) is 19.6 Å². The molecule has 136 valence electrons. The zero-order valence-corrected chi connectivity index (χ0v) is 14.9. The standard InChI is InChI=1S/C16H16N4O5S/c1-24-11-6-4-3-5-10(11)20-8-9(7-12(20)21)14(22)17-15-13(16(23)25-2)18-19-26-15/h3-6,9H,7-8H2,1-2H3,(H,17,22)/t9-/m0/s1. The molecule has 0 radical (unpaired) electrons. The quantitative estimate of drug-likeness (QED) is 0.784. The summed E-state index contributed by atoms with van der Waals surface area (Å²) in [5.74, 6) is -1.26. The summed E-state index contributed by atoms with van der Waals surface area (Å²) < 4.78 is 13.5. The van der Waals surface area contributed by atoms with E-state index in [4.69, 9.17) is 4.74 Å². The Morgan fingerprint density at radius 3 is 2.81 bits per heavy atom. The molecular weight excluding hydrogens is 360 g/mol. The molecule has 10 heteroatoms. The van der Waals surface area contributed by atoms with Crippen LogP contribution in [0.5, 0.6) is 5.75 Å². The lowest BCUT2D eigenvalue weighted by Gasteiger charge is -2.19. The molecule has 3 rings (SSSR count). The Balaban J connectivity index is 1.74. The van der Waals surface area contributed by atoms with Crippen molar-refractivity contribution in [1.29, 1.82) is 0 Å². The van der Waals surface area contributed by atoms with Crippen LogP contribution < -0.4 is 15.0 Å². The second-order valence-corrected chi connectivity index (χ2v) is 6.26. The molecule has 0 saturated carbocycles. The number of aromatic nitrogens is 2. The van der Waals surface area contributed by atoms with Crippen LogP contribution in [-0.4, -0.2) is 48.1 Å². The van der Waals surface area contributed by atoms with Gasteiger partial charge < -0.3 is 19.7 Å². The predicted octanol–water partition coefficient (Wildman–Crippen LogP) is 1.32. The van der Waals surface area contributed by atoms with Crippen molar-refractivity contribution in [2.45, 2.75) is 6.42 Å². The smallest absolute Gasteiger partial charge is 0.361 e. The molecule has 1 atom stereocenters. The number of esters is 1. The van der Waals surface area contributed by atoms with E-state index in [1.54, 1.807) is 24.3 Å². The summed E-state index contributed by atoms with van der Waals surface area (Å²) in [6, 6.07) is 7.11. The van der Waals surface area contributed by atoms with E-state index in [9.17, 15) is 14.4 Å². The van der Waals surface area contributed by atoms with Crippen molar-refractivity contribution in [3.8, 4) is 5.75 Å². The number of rotatable bonds is 5. The van der Waals surface area contributed by atoms with Gasteiger partial charge in [0.2, 0.25) is 17.5 Å². The zero-order chi connectivity index (χ0) is 18.7. The number of amides is 2. The summed E-state index contributed by atoms with van der Waals surface area (Å²) in [4.78, 5) is 38.0. The molecule has 2 heterocycles. The average Bonchev–Trinajstić information content (AvgIpc) is 3.27. The second-order valence-electron chi connectivity index (χ2n) is 5.51. The van der Waals surface area contributed by atoms with E-state index in [1.165, 1.54) is 19.1 Å². The van der Waals surface area contributed by atoms with Gasteiger partial charge in [-0.1, -0.05) is 16.6 Å². The van der Waals surface area contributed by atoms with Gasteiger partial charge in [0.05, 0.1) is 25.8 Å². The van der Waals surface area contributed by atoms with Crippen molar-refractivity contribution in [1.82, 2.24) is 9.59 Å². The van der Waals surface area contributed by atoms with Crippen LogP contribution in [-0.2, 0) is 14.3 Å². The molecule has 2 amide bonds. The summed E-state index contributed by atoms with van der Waals surface area (Å²) in [5, 5.41) is 6.46. The lowest BCUT2D eigenvalue weighted by molar-refractivity contribution is -0.122. The highest BCUT2D eigenvalue weighted by Gasteiger charge is 2.37. The third-order valence-corrected chi connectivity index (χ3v) is 4.62. The number of carbonyl (C=O) groups excluding carboxylic acids is 3. The number of nitrogens with one attached hydrogen (secondary N) is 1. The highest BCUT2D eigenvalue weighted by molar-refractivity contribution is 7.10. The monoisotopic (exact) mass is 376 g/mol. The van der Waals surface area contributed by atoms with Crippen LogP contribution >= 0.6 is 11.5 Å². The van der Waals surface area contributed by atoms with Crippen LogP contribution in [0.2, 0.25) is 0 Å². The first-order valence-electron chi connectivity index (χ1n) is 7.70. The highest BCUT2D eigenvalue weighted by Crippen LogP contribution is 2.33. The predicted molar refractivity (Wildman–Crippen MR) is 93.3 cm³/mol. The third kappa shape index (κ3) is 3.36. The summed E-state index contributed by atoms with van der Waals surface area (Å²) in [6.07, 6.45) is 0.0592. The summed E-state index contributed by atoms with van der Waals surface area (Å²) in [6.45, 7) is 0.213. The zero-order valence-electron chi connectivity index (χ0n) is 14.1. The lowest BCUT2D eigenvalue weighted by atomic mass is 10.1. The Morgan fingerprint density at radius 2 is 2.08 bits per heavy atom. The van der Waals surface area contributed by atoms with E-state index in [0.29, 0.717) is 11.4 Å².